The lowest BCUT2D eigenvalue weighted by Crippen LogP contribution is -2.31. The second-order valence-electron chi connectivity index (χ2n) is 6.65. The van der Waals surface area contributed by atoms with Crippen LogP contribution in [0.4, 0.5) is 11.6 Å². The average molecular weight is 375 g/mol. The summed E-state index contributed by atoms with van der Waals surface area (Å²) in [6.07, 6.45) is 9.70. The smallest absolute Gasteiger partial charge is 0.257 e. The van der Waals surface area contributed by atoms with Crippen molar-refractivity contribution in [1.82, 2.24) is 19.9 Å². The standard InChI is InChI=1S/C22H25N5O/c1-3-4-12-20(17-9-8-13-23-14-17)27(2)21(28)18-15-24-22(25-16-18)26-19-10-6-5-7-11-19/h5-11,13-16,20H,3-4,12H2,1-2H3,(H,24,25,26)/t20-/m0/s1. The maximum absolute atomic E-state index is 13.0. The van der Waals surface area contributed by atoms with E-state index in [0.717, 1.165) is 30.5 Å². The van der Waals surface area contributed by atoms with Gasteiger partial charge in [0.25, 0.3) is 5.91 Å². The molecule has 0 unspecified atom stereocenters. The van der Waals surface area contributed by atoms with Crippen molar-refractivity contribution in [2.75, 3.05) is 12.4 Å². The Labute approximate surface area is 165 Å². The number of nitrogens with one attached hydrogen (secondary N) is 1. The number of aromatic nitrogens is 3. The molecule has 6 heteroatoms. The molecule has 1 amide bonds. The number of hydrogen-bond acceptors (Lipinski definition) is 5. The van der Waals surface area contributed by atoms with E-state index in [0.29, 0.717) is 11.5 Å². The Morgan fingerprint density at radius 1 is 1.07 bits per heavy atom. The Morgan fingerprint density at radius 3 is 2.46 bits per heavy atom. The molecule has 0 saturated carbocycles. The first-order chi connectivity index (χ1) is 13.7. The summed E-state index contributed by atoms with van der Waals surface area (Å²) in [5.74, 6) is 0.358. The number of nitrogens with zero attached hydrogens (tertiary/aromatic N) is 4. The van der Waals surface area contributed by atoms with E-state index < -0.39 is 0 Å². The molecule has 0 bridgehead atoms. The summed E-state index contributed by atoms with van der Waals surface area (Å²) in [5, 5.41) is 3.12. The predicted octanol–water partition coefficient (Wildman–Crippen LogP) is 4.62. The van der Waals surface area contributed by atoms with Gasteiger partial charge in [0.15, 0.2) is 0 Å². The molecule has 1 aromatic carbocycles. The zero-order chi connectivity index (χ0) is 19.8. The van der Waals surface area contributed by atoms with Gasteiger partial charge in [0.05, 0.1) is 11.6 Å². The summed E-state index contributed by atoms with van der Waals surface area (Å²) in [5.41, 5.74) is 2.40. The lowest BCUT2D eigenvalue weighted by Gasteiger charge is -2.28. The van der Waals surface area contributed by atoms with E-state index in [9.17, 15) is 4.79 Å². The Hall–Kier alpha value is -3.28. The van der Waals surface area contributed by atoms with E-state index in [1.165, 1.54) is 0 Å². The van der Waals surface area contributed by atoms with Crippen LogP contribution in [0.3, 0.4) is 0 Å². The molecule has 0 fully saturated rings. The SMILES string of the molecule is CCCC[C@@H](c1cccnc1)N(C)C(=O)c1cnc(Nc2ccccc2)nc1. The summed E-state index contributed by atoms with van der Waals surface area (Å²) in [6, 6.07) is 13.6. The maximum Gasteiger partial charge on any atom is 0.257 e. The maximum atomic E-state index is 13.0. The van der Waals surface area contributed by atoms with Crippen molar-refractivity contribution in [2.24, 2.45) is 0 Å². The normalized spacial score (nSPS) is 11.6. The average Bonchev–Trinajstić information content (AvgIpc) is 2.75. The van der Waals surface area contributed by atoms with Gasteiger partial charge in [-0.15, -0.1) is 0 Å². The molecule has 2 heterocycles. The molecular weight excluding hydrogens is 350 g/mol. The minimum Gasteiger partial charge on any atom is -0.335 e. The van der Waals surface area contributed by atoms with Crippen LogP contribution in [-0.4, -0.2) is 32.8 Å². The van der Waals surface area contributed by atoms with Gasteiger partial charge < -0.3 is 10.2 Å². The predicted molar refractivity (Wildman–Crippen MR) is 110 cm³/mol. The molecule has 0 aliphatic heterocycles. The minimum absolute atomic E-state index is 0.0247. The van der Waals surface area contributed by atoms with E-state index in [1.54, 1.807) is 23.5 Å². The number of benzene rings is 1. The van der Waals surface area contributed by atoms with Gasteiger partial charge in [0, 0.05) is 37.5 Å². The first-order valence-electron chi connectivity index (χ1n) is 9.50. The second kappa shape index (κ2) is 9.60. The number of amides is 1. The van der Waals surface area contributed by atoms with Crippen LogP contribution in [-0.2, 0) is 0 Å². The van der Waals surface area contributed by atoms with E-state index in [4.69, 9.17) is 0 Å². The fourth-order valence-electron chi connectivity index (χ4n) is 3.05. The van der Waals surface area contributed by atoms with Crippen molar-refractivity contribution in [1.29, 1.82) is 0 Å². The molecule has 1 atom stereocenters. The second-order valence-corrected chi connectivity index (χ2v) is 6.65. The van der Waals surface area contributed by atoms with Crippen LogP contribution in [0.1, 0.15) is 48.1 Å². The Morgan fingerprint density at radius 2 is 1.82 bits per heavy atom. The van der Waals surface area contributed by atoms with Crippen LogP contribution in [0.2, 0.25) is 0 Å². The quantitative estimate of drug-likeness (QED) is 0.622. The Bertz CT molecular complexity index is 868. The van der Waals surface area contributed by atoms with Gasteiger partial charge in [0.2, 0.25) is 5.95 Å². The van der Waals surface area contributed by atoms with Gasteiger partial charge in [0.1, 0.15) is 0 Å². The number of hydrogen-bond donors (Lipinski definition) is 1. The molecule has 3 aromatic rings. The first kappa shape index (κ1) is 19.5. The molecule has 0 radical (unpaired) electrons. The molecule has 6 nitrogen and oxygen atoms in total. The summed E-state index contributed by atoms with van der Waals surface area (Å²) >= 11 is 0. The van der Waals surface area contributed by atoms with Crippen LogP contribution in [0.25, 0.3) is 0 Å². The van der Waals surface area contributed by atoms with Crippen molar-refractivity contribution in [3.8, 4) is 0 Å². The van der Waals surface area contributed by atoms with E-state index >= 15 is 0 Å². The van der Waals surface area contributed by atoms with Gasteiger partial charge in [-0.05, 0) is 30.2 Å². The molecule has 1 N–H and O–H groups in total. The Kier molecular flexibility index (Phi) is 6.68. The lowest BCUT2D eigenvalue weighted by molar-refractivity contribution is 0.0719. The molecule has 0 aliphatic rings. The van der Waals surface area contributed by atoms with Crippen molar-refractivity contribution in [3.05, 3.63) is 78.4 Å². The van der Waals surface area contributed by atoms with Crippen LogP contribution in [0.15, 0.2) is 67.3 Å². The van der Waals surface area contributed by atoms with Gasteiger partial charge in [-0.2, -0.15) is 0 Å². The number of pyridine rings is 1. The minimum atomic E-state index is -0.101. The van der Waals surface area contributed by atoms with Crippen molar-refractivity contribution in [2.45, 2.75) is 32.2 Å². The highest BCUT2D eigenvalue weighted by atomic mass is 16.2. The highest BCUT2D eigenvalue weighted by Gasteiger charge is 2.23. The van der Waals surface area contributed by atoms with Crippen LogP contribution >= 0.6 is 0 Å². The monoisotopic (exact) mass is 375 g/mol. The van der Waals surface area contributed by atoms with Crippen LogP contribution in [0.5, 0.6) is 0 Å². The molecule has 0 spiro atoms. The fourth-order valence-corrected chi connectivity index (χ4v) is 3.05. The number of unbranched alkanes of at least 4 members (excludes halogenated alkanes) is 1. The third-order valence-corrected chi connectivity index (χ3v) is 4.62. The first-order valence-corrected chi connectivity index (χ1v) is 9.50. The van der Waals surface area contributed by atoms with E-state index in [-0.39, 0.29) is 11.9 Å². The number of anilines is 2. The fraction of sp³-hybridized carbons (Fsp3) is 0.273. The number of rotatable bonds is 8. The molecular formula is C22H25N5O. The van der Waals surface area contributed by atoms with Gasteiger partial charge >= 0.3 is 0 Å². The summed E-state index contributed by atoms with van der Waals surface area (Å²) in [7, 11) is 1.83. The third-order valence-electron chi connectivity index (χ3n) is 4.62. The third kappa shape index (κ3) is 4.91. The largest absolute Gasteiger partial charge is 0.335 e. The molecule has 28 heavy (non-hydrogen) atoms. The zero-order valence-corrected chi connectivity index (χ0v) is 16.2. The molecule has 144 valence electrons. The van der Waals surface area contributed by atoms with Gasteiger partial charge in [-0.25, -0.2) is 9.97 Å². The summed E-state index contributed by atoms with van der Waals surface area (Å²) < 4.78 is 0. The summed E-state index contributed by atoms with van der Waals surface area (Å²) in [4.78, 5) is 27.5. The highest BCUT2D eigenvalue weighted by Crippen LogP contribution is 2.26. The zero-order valence-electron chi connectivity index (χ0n) is 16.2. The topological polar surface area (TPSA) is 71.0 Å². The lowest BCUT2D eigenvalue weighted by atomic mass is 10.0. The van der Waals surface area contributed by atoms with E-state index in [1.807, 2.05) is 55.7 Å². The molecule has 0 saturated heterocycles. The summed E-state index contributed by atoms with van der Waals surface area (Å²) in [6.45, 7) is 2.15. The van der Waals surface area contributed by atoms with Gasteiger partial charge in [-0.3, -0.25) is 9.78 Å². The van der Waals surface area contributed by atoms with E-state index in [2.05, 4.69) is 27.2 Å². The van der Waals surface area contributed by atoms with Gasteiger partial charge in [-0.1, -0.05) is 44.0 Å². The molecule has 0 aliphatic carbocycles. The van der Waals surface area contributed by atoms with Crippen LogP contribution in [0, 0.1) is 0 Å². The molecule has 3 rings (SSSR count). The molecule has 2 aromatic heterocycles. The van der Waals surface area contributed by atoms with Crippen molar-refractivity contribution >= 4 is 17.5 Å². The number of para-hydroxylation sites is 1. The van der Waals surface area contributed by atoms with Crippen molar-refractivity contribution < 1.29 is 4.79 Å². The number of carbonyl (C=O) groups is 1. The number of carbonyl (C=O) groups excluding carboxylic acids is 1. The van der Waals surface area contributed by atoms with Crippen LogP contribution < -0.4 is 5.32 Å². The highest BCUT2D eigenvalue weighted by molar-refractivity contribution is 5.93. The van der Waals surface area contributed by atoms with Crippen molar-refractivity contribution in [3.63, 3.8) is 0 Å². The Balaban J connectivity index is 1.73.